The zero-order valence-corrected chi connectivity index (χ0v) is 11.6. The highest BCUT2D eigenvalue weighted by atomic mass is 35.5. The van der Waals surface area contributed by atoms with E-state index in [0.717, 1.165) is 17.0 Å². The predicted molar refractivity (Wildman–Crippen MR) is 70.8 cm³/mol. The molecule has 0 aromatic carbocycles. The summed E-state index contributed by atoms with van der Waals surface area (Å²) in [5.41, 5.74) is 9.61. The number of rotatable bonds is 3. The van der Waals surface area contributed by atoms with Crippen molar-refractivity contribution in [3.05, 3.63) is 22.5 Å². The van der Waals surface area contributed by atoms with Crippen LogP contribution in [0.25, 0.3) is 0 Å². The van der Waals surface area contributed by atoms with E-state index in [1.807, 2.05) is 34.6 Å². The van der Waals surface area contributed by atoms with E-state index >= 15 is 0 Å². The summed E-state index contributed by atoms with van der Waals surface area (Å²) in [6.45, 7) is 10.4. The lowest BCUT2D eigenvalue weighted by Crippen LogP contribution is -2.02. The first kappa shape index (κ1) is 20.1. The van der Waals surface area contributed by atoms with Crippen molar-refractivity contribution in [3.8, 4) is 0 Å². The molecule has 0 aliphatic heterocycles. The highest BCUT2D eigenvalue weighted by Gasteiger charge is 1.94. The molecule has 3 nitrogen and oxygen atoms in total. The fraction of sp³-hybridized carbons (Fsp3) is 0.600. The van der Waals surface area contributed by atoms with Crippen LogP contribution in [0.15, 0.2) is 32.8 Å². The third-order valence-corrected chi connectivity index (χ3v) is 1.81. The Labute approximate surface area is 105 Å². The lowest BCUT2D eigenvalue weighted by atomic mass is 10.2. The van der Waals surface area contributed by atoms with Gasteiger partial charge in [-0.05, 0) is 34.6 Å². The monoisotopic (exact) mass is 253 g/mol. The Balaban J connectivity index is -0.000000720. The van der Waals surface area contributed by atoms with Gasteiger partial charge in [0.1, 0.15) is 0 Å². The van der Waals surface area contributed by atoms with Crippen LogP contribution in [0.2, 0.25) is 0 Å². The van der Waals surface area contributed by atoms with Gasteiger partial charge in [0, 0.05) is 6.54 Å². The van der Waals surface area contributed by atoms with E-state index in [0.29, 0.717) is 6.54 Å². The van der Waals surface area contributed by atoms with E-state index in [4.69, 9.17) is 5.73 Å². The molecule has 0 unspecified atom stereocenters. The molecule has 2 N–H and O–H groups in total. The Morgan fingerprint density at radius 3 is 1.60 bits per heavy atom. The van der Waals surface area contributed by atoms with Crippen molar-refractivity contribution in [2.45, 2.75) is 34.6 Å². The number of hydrogen-bond donors (Lipinski definition) is 1. The molecule has 90 valence electrons. The van der Waals surface area contributed by atoms with Gasteiger partial charge in [-0.2, -0.15) is 10.2 Å². The summed E-state index contributed by atoms with van der Waals surface area (Å²) in [7, 11) is 0. The molecule has 0 aliphatic carbocycles. The highest BCUT2D eigenvalue weighted by Crippen LogP contribution is 2.08. The van der Waals surface area contributed by atoms with E-state index in [1.54, 1.807) is 0 Å². The lowest BCUT2D eigenvalue weighted by Gasteiger charge is -1.99. The fourth-order valence-electron chi connectivity index (χ4n) is 0.580. The Bertz CT molecular complexity index is 260. The minimum absolute atomic E-state index is 0. The first-order valence-electron chi connectivity index (χ1n) is 4.41. The summed E-state index contributed by atoms with van der Waals surface area (Å²) in [6, 6.07) is 0. The summed E-state index contributed by atoms with van der Waals surface area (Å²) in [5, 5.41) is 8.17. The van der Waals surface area contributed by atoms with Gasteiger partial charge in [0.2, 0.25) is 0 Å². The van der Waals surface area contributed by atoms with Crippen LogP contribution in [0.1, 0.15) is 34.6 Å². The second kappa shape index (κ2) is 10.1. The van der Waals surface area contributed by atoms with Crippen LogP contribution in [0, 0.1) is 0 Å². The van der Waals surface area contributed by atoms with Crippen molar-refractivity contribution in [1.82, 2.24) is 0 Å². The Morgan fingerprint density at radius 1 is 0.867 bits per heavy atom. The average Bonchev–Trinajstić information content (AvgIpc) is 2.04. The molecule has 0 fully saturated rings. The maximum absolute atomic E-state index is 5.51. The van der Waals surface area contributed by atoms with Gasteiger partial charge in [-0.15, -0.1) is 24.8 Å². The molecule has 0 aromatic rings. The average molecular weight is 254 g/mol. The molecule has 0 aromatic heterocycles. The van der Waals surface area contributed by atoms with Gasteiger partial charge >= 0.3 is 0 Å². The molecule has 0 bridgehead atoms. The lowest BCUT2D eigenvalue weighted by molar-refractivity contribution is 0.961. The molecule has 0 atom stereocenters. The van der Waals surface area contributed by atoms with E-state index < -0.39 is 0 Å². The molecular weight excluding hydrogens is 233 g/mol. The van der Waals surface area contributed by atoms with Crippen LogP contribution in [0.4, 0.5) is 0 Å². The van der Waals surface area contributed by atoms with E-state index in [2.05, 4.69) is 10.2 Å². The van der Waals surface area contributed by atoms with E-state index in [9.17, 15) is 0 Å². The molecule has 0 spiro atoms. The van der Waals surface area contributed by atoms with Crippen LogP contribution in [0.5, 0.6) is 0 Å². The maximum atomic E-state index is 5.51. The first-order chi connectivity index (χ1) is 5.99. The molecule has 0 saturated heterocycles. The summed E-state index contributed by atoms with van der Waals surface area (Å²) in [6.07, 6.45) is 0. The SMILES string of the molecule is CC(C)=C(C)N=NC(CN)=C(C)C.Cl.Cl. The van der Waals surface area contributed by atoms with Gasteiger partial charge < -0.3 is 5.73 Å². The number of nitrogens with zero attached hydrogens (tertiary/aromatic N) is 2. The zero-order valence-electron chi connectivity index (χ0n) is 10.00. The van der Waals surface area contributed by atoms with Gasteiger partial charge in [0.05, 0.1) is 11.4 Å². The maximum Gasteiger partial charge on any atom is 0.0752 e. The molecule has 15 heavy (non-hydrogen) atoms. The van der Waals surface area contributed by atoms with Crippen molar-refractivity contribution >= 4 is 24.8 Å². The van der Waals surface area contributed by atoms with E-state index in [1.165, 1.54) is 5.57 Å². The van der Waals surface area contributed by atoms with Crippen molar-refractivity contribution in [2.75, 3.05) is 6.54 Å². The third kappa shape index (κ3) is 8.60. The zero-order chi connectivity index (χ0) is 10.4. The molecule has 0 aliphatic rings. The van der Waals surface area contributed by atoms with Crippen LogP contribution in [0.3, 0.4) is 0 Å². The molecule has 5 heteroatoms. The standard InChI is InChI=1S/C10H19N3.2ClH/c1-7(2)9(5)12-13-10(6-11)8(3)4;;/h6,11H2,1-5H3;2*1H. The summed E-state index contributed by atoms with van der Waals surface area (Å²) < 4.78 is 0. The molecular formula is C10H21Cl2N3. The number of hydrogen-bond acceptors (Lipinski definition) is 3. The molecule has 0 amide bonds. The second-order valence-electron chi connectivity index (χ2n) is 3.44. The smallest absolute Gasteiger partial charge is 0.0752 e. The van der Waals surface area contributed by atoms with Crippen LogP contribution in [-0.2, 0) is 0 Å². The van der Waals surface area contributed by atoms with Gasteiger partial charge in [0.25, 0.3) is 0 Å². The number of halogens is 2. The van der Waals surface area contributed by atoms with Crippen molar-refractivity contribution < 1.29 is 0 Å². The summed E-state index contributed by atoms with van der Waals surface area (Å²) in [5.74, 6) is 0. The summed E-state index contributed by atoms with van der Waals surface area (Å²) in [4.78, 5) is 0. The van der Waals surface area contributed by atoms with Crippen molar-refractivity contribution in [1.29, 1.82) is 0 Å². The normalized spacial score (nSPS) is 8.93. The summed E-state index contributed by atoms with van der Waals surface area (Å²) >= 11 is 0. The van der Waals surface area contributed by atoms with Gasteiger partial charge in [-0.1, -0.05) is 11.1 Å². The third-order valence-electron chi connectivity index (χ3n) is 1.81. The van der Waals surface area contributed by atoms with Crippen LogP contribution >= 0.6 is 24.8 Å². The first-order valence-corrected chi connectivity index (χ1v) is 4.41. The van der Waals surface area contributed by atoms with Crippen molar-refractivity contribution in [2.24, 2.45) is 16.0 Å². The molecule has 0 rings (SSSR count). The number of azo groups is 1. The fourth-order valence-corrected chi connectivity index (χ4v) is 0.580. The number of allylic oxidation sites excluding steroid dienone is 3. The predicted octanol–water partition coefficient (Wildman–Crippen LogP) is 3.85. The topological polar surface area (TPSA) is 50.7 Å². The molecule has 0 radical (unpaired) electrons. The molecule has 0 heterocycles. The number of nitrogens with two attached hydrogens (primary N) is 1. The Kier molecular flexibility index (Phi) is 13.6. The Hall–Kier alpha value is -0.380. The van der Waals surface area contributed by atoms with Gasteiger partial charge in [-0.25, -0.2) is 0 Å². The van der Waals surface area contributed by atoms with Gasteiger partial charge in [0.15, 0.2) is 0 Å². The van der Waals surface area contributed by atoms with Crippen LogP contribution in [-0.4, -0.2) is 6.54 Å². The highest BCUT2D eigenvalue weighted by molar-refractivity contribution is 5.85. The molecule has 0 saturated carbocycles. The van der Waals surface area contributed by atoms with E-state index in [-0.39, 0.29) is 24.8 Å². The quantitative estimate of drug-likeness (QED) is 0.764. The van der Waals surface area contributed by atoms with Gasteiger partial charge in [-0.3, -0.25) is 0 Å². The van der Waals surface area contributed by atoms with Crippen LogP contribution < -0.4 is 5.73 Å². The second-order valence-corrected chi connectivity index (χ2v) is 3.44. The van der Waals surface area contributed by atoms with Crippen molar-refractivity contribution in [3.63, 3.8) is 0 Å². The Morgan fingerprint density at radius 2 is 1.33 bits per heavy atom. The minimum Gasteiger partial charge on any atom is -0.325 e. The minimum atomic E-state index is 0. The largest absolute Gasteiger partial charge is 0.325 e.